The van der Waals surface area contributed by atoms with Crippen molar-refractivity contribution in [2.75, 3.05) is 18.0 Å². The summed E-state index contributed by atoms with van der Waals surface area (Å²) in [7, 11) is 0. The van der Waals surface area contributed by atoms with Crippen LogP contribution in [0.3, 0.4) is 0 Å². The van der Waals surface area contributed by atoms with E-state index in [1.807, 2.05) is 4.90 Å². The lowest BCUT2D eigenvalue weighted by molar-refractivity contribution is -0.116. The molecule has 3 heteroatoms. The van der Waals surface area contributed by atoms with Crippen molar-refractivity contribution in [3.05, 3.63) is 29.3 Å². The Morgan fingerprint density at radius 2 is 2.11 bits per heavy atom. The van der Waals surface area contributed by atoms with Gasteiger partial charge in [-0.05, 0) is 36.5 Å². The van der Waals surface area contributed by atoms with E-state index in [1.165, 1.54) is 36.8 Å². The number of hydrogen-bond acceptors (Lipinski definition) is 2. The Balaban J connectivity index is 2.01. The number of nitrogens with zero attached hydrogens (tertiary/aromatic N) is 1. The molecule has 1 heterocycles. The third-order valence-corrected chi connectivity index (χ3v) is 4.92. The van der Waals surface area contributed by atoms with Crippen LogP contribution in [0.4, 0.5) is 5.69 Å². The Morgan fingerprint density at radius 1 is 1.37 bits per heavy atom. The Bertz CT molecular complexity index is 503. The van der Waals surface area contributed by atoms with Crippen molar-refractivity contribution in [2.24, 2.45) is 5.73 Å². The van der Waals surface area contributed by atoms with Crippen molar-refractivity contribution in [3.63, 3.8) is 0 Å². The van der Waals surface area contributed by atoms with Crippen LogP contribution in [0.2, 0.25) is 0 Å². The van der Waals surface area contributed by atoms with Gasteiger partial charge in [-0.3, -0.25) is 4.79 Å². The number of benzene rings is 1. The first-order chi connectivity index (χ1) is 9.16. The number of amides is 1. The summed E-state index contributed by atoms with van der Waals surface area (Å²) in [5, 5.41) is 0. The summed E-state index contributed by atoms with van der Waals surface area (Å²) in [5.74, 6) is 0.143. The largest absolute Gasteiger partial charge is 0.330 e. The minimum absolute atomic E-state index is 0.143. The van der Waals surface area contributed by atoms with Gasteiger partial charge in [0, 0.05) is 31.1 Å². The SMILES string of the molecule is CC(=O)N1CCc2ccc(C3(CN)CCCC3)cc21. The molecule has 2 N–H and O–H groups in total. The first kappa shape index (κ1) is 12.7. The first-order valence-corrected chi connectivity index (χ1v) is 7.28. The average Bonchev–Trinajstić information content (AvgIpc) is 3.05. The lowest BCUT2D eigenvalue weighted by Gasteiger charge is -2.29. The number of nitrogens with two attached hydrogens (primary N) is 1. The summed E-state index contributed by atoms with van der Waals surface area (Å²) >= 11 is 0. The topological polar surface area (TPSA) is 46.3 Å². The van der Waals surface area contributed by atoms with E-state index in [-0.39, 0.29) is 11.3 Å². The zero-order chi connectivity index (χ0) is 13.5. The fraction of sp³-hybridized carbons (Fsp3) is 0.562. The summed E-state index contributed by atoms with van der Waals surface area (Å²) in [6, 6.07) is 6.66. The molecule has 102 valence electrons. The van der Waals surface area contributed by atoms with E-state index in [0.717, 1.165) is 18.7 Å². The van der Waals surface area contributed by atoms with Gasteiger partial charge in [0.15, 0.2) is 0 Å². The second-order valence-corrected chi connectivity index (χ2v) is 5.96. The fourth-order valence-corrected chi connectivity index (χ4v) is 3.70. The Labute approximate surface area is 114 Å². The third kappa shape index (κ3) is 1.96. The van der Waals surface area contributed by atoms with Crippen molar-refractivity contribution >= 4 is 11.6 Å². The zero-order valence-electron chi connectivity index (χ0n) is 11.6. The molecular formula is C16H22N2O. The highest BCUT2D eigenvalue weighted by Gasteiger charge is 2.35. The molecule has 1 amide bonds. The molecule has 0 spiro atoms. The van der Waals surface area contributed by atoms with Crippen LogP contribution in [0.25, 0.3) is 0 Å². The molecule has 0 radical (unpaired) electrons. The minimum atomic E-state index is 0.143. The summed E-state index contributed by atoms with van der Waals surface area (Å²) in [5.41, 5.74) is 9.96. The van der Waals surface area contributed by atoms with Gasteiger partial charge in [0.2, 0.25) is 5.91 Å². The molecule has 3 rings (SSSR count). The smallest absolute Gasteiger partial charge is 0.223 e. The van der Waals surface area contributed by atoms with Crippen molar-refractivity contribution in [2.45, 2.75) is 44.4 Å². The normalized spacial score (nSPS) is 20.6. The van der Waals surface area contributed by atoms with Crippen LogP contribution < -0.4 is 10.6 Å². The second-order valence-electron chi connectivity index (χ2n) is 5.96. The van der Waals surface area contributed by atoms with Crippen LogP contribution in [-0.2, 0) is 16.6 Å². The van der Waals surface area contributed by atoms with Crippen LogP contribution in [-0.4, -0.2) is 19.0 Å². The standard InChI is InChI=1S/C16H22N2O/c1-12(19)18-9-6-13-4-5-14(10-15(13)18)16(11-17)7-2-3-8-16/h4-5,10H,2-3,6-9,11,17H2,1H3. The molecule has 0 saturated heterocycles. The summed E-state index contributed by atoms with van der Waals surface area (Å²) < 4.78 is 0. The van der Waals surface area contributed by atoms with E-state index in [0.29, 0.717) is 6.54 Å². The summed E-state index contributed by atoms with van der Waals surface area (Å²) in [6.45, 7) is 3.19. The van der Waals surface area contributed by atoms with Crippen molar-refractivity contribution < 1.29 is 4.79 Å². The molecular weight excluding hydrogens is 236 g/mol. The highest BCUT2D eigenvalue weighted by Crippen LogP contribution is 2.42. The van der Waals surface area contributed by atoms with Crippen molar-refractivity contribution in [1.82, 2.24) is 0 Å². The van der Waals surface area contributed by atoms with E-state index in [4.69, 9.17) is 5.73 Å². The van der Waals surface area contributed by atoms with Gasteiger partial charge in [-0.15, -0.1) is 0 Å². The molecule has 0 unspecified atom stereocenters. The molecule has 3 nitrogen and oxygen atoms in total. The van der Waals surface area contributed by atoms with Gasteiger partial charge in [0.1, 0.15) is 0 Å². The maximum absolute atomic E-state index is 11.7. The molecule has 0 atom stereocenters. The lowest BCUT2D eigenvalue weighted by Crippen LogP contribution is -2.32. The van der Waals surface area contributed by atoms with E-state index in [2.05, 4.69) is 18.2 Å². The van der Waals surface area contributed by atoms with E-state index < -0.39 is 0 Å². The highest BCUT2D eigenvalue weighted by atomic mass is 16.2. The predicted octanol–water partition coefficient (Wildman–Crippen LogP) is 2.37. The van der Waals surface area contributed by atoms with Crippen LogP contribution in [0, 0.1) is 0 Å². The lowest BCUT2D eigenvalue weighted by atomic mass is 9.78. The fourth-order valence-electron chi connectivity index (χ4n) is 3.70. The maximum Gasteiger partial charge on any atom is 0.223 e. The number of anilines is 1. The molecule has 2 aliphatic rings. The number of fused-ring (bicyclic) bond motifs is 1. The Morgan fingerprint density at radius 3 is 2.74 bits per heavy atom. The highest BCUT2D eigenvalue weighted by molar-refractivity contribution is 5.93. The maximum atomic E-state index is 11.7. The van der Waals surface area contributed by atoms with Crippen molar-refractivity contribution in [1.29, 1.82) is 0 Å². The van der Waals surface area contributed by atoms with Gasteiger partial charge in [0.25, 0.3) is 0 Å². The Hall–Kier alpha value is -1.35. The molecule has 0 bridgehead atoms. The molecule has 1 aromatic carbocycles. The molecule has 1 aromatic rings. The third-order valence-electron chi connectivity index (χ3n) is 4.92. The quantitative estimate of drug-likeness (QED) is 0.885. The molecule has 1 saturated carbocycles. The van der Waals surface area contributed by atoms with E-state index in [1.54, 1.807) is 6.92 Å². The average molecular weight is 258 g/mol. The number of carbonyl (C=O) groups is 1. The van der Waals surface area contributed by atoms with Gasteiger partial charge < -0.3 is 10.6 Å². The molecule has 1 aliphatic carbocycles. The van der Waals surface area contributed by atoms with Crippen molar-refractivity contribution in [3.8, 4) is 0 Å². The Kier molecular flexibility index (Phi) is 3.09. The van der Waals surface area contributed by atoms with Crippen LogP contribution in [0.1, 0.15) is 43.7 Å². The van der Waals surface area contributed by atoms with Gasteiger partial charge in [0.05, 0.1) is 0 Å². The van der Waals surface area contributed by atoms with E-state index in [9.17, 15) is 4.79 Å². The van der Waals surface area contributed by atoms with Gasteiger partial charge in [-0.1, -0.05) is 25.0 Å². The summed E-state index contributed by atoms with van der Waals surface area (Å²) in [4.78, 5) is 13.6. The first-order valence-electron chi connectivity index (χ1n) is 7.28. The second kappa shape index (κ2) is 4.64. The number of rotatable bonds is 2. The molecule has 1 fully saturated rings. The molecule has 19 heavy (non-hydrogen) atoms. The van der Waals surface area contributed by atoms with Gasteiger partial charge in [-0.2, -0.15) is 0 Å². The predicted molar refractivity (Wildman–Crippen MR) is 77.4 cm³/mol. The van der Waals surface area contributed by atoms with Crippen LogP contribution >= 0.6 is 0 Å². The van der Waals surface area contributed by atoms with Crippen LogP contribution in [0.5, 0.6) is 0 Å². The molecule has 1 aliphatic heterocycles. The number of carbonyl (C=O) groups excluding carboxylic acids is 1. The van der Waals surface area contributed by atoms with Crippen LogP contribution in [0.15, 0.2) is 18.2 Å². The molecule has 0 aromatic heterocycles. The minimum Gasteiger partial charge on any atom is -0.330 e. The number of hydrogen-bond donors (Lipinski definition) is 1. The van der Waals surface area contributed by atoms with E-state index >= 15 is 0 Å². The monoisotopic (exact) mass is 258 g/mol. The zero-order valence-corrected chi connectivity index (χ0v) is 11.6. The summed E-state index contributed by atoms with van der Waals surface area (Å²) in [6.07, 6.45) is 5.88. The van der Waals surface area contributed by atoms with Gasteiger partial charge in [-0.25, -0.2) is 0 Å². The van der Waals surface area contributed by atoms with Gasteiger partial charge >= 0.3 is 0 Å².